The van der Waals surface area contributed by atoms with Crippen LogP contribution in [-0.2, 0) is 11.2 Å². The highest BCUT2D eigenvalue weighted by molar-refractivity contribution is 9.10. The third kappa shape index (κ3) is 2.53. The second-order valence-electron chi connectivity index (χ2n) is 3.44. The third-order valence-electron chi connectivity index (χ3n) is 2.11. The summed E-state index contributed by atoms with van der Waals surface area (Å²) in [5.74, 6) is -2.43. The first-order valence-electron chi connectivity index (χ1n) is 4.75. The van der Waals surface area contributed by atoms with E-state index in [1.54, 1.807) is 0 Å². The Morgan fingerprint density at radius 3 is 2.78 bits per heavy atom. The van der Waals surface area contributed by atoms with E-state index in [0.29, 0.717) is 0 Å². The van der Waals surface area contributed by atoms with Crippen molar-refractivity contribution in [1.82, 2.24) is 15.0 Å². The number of hydrogen-bond donors (Lipinski definition) is 1. The normalized spacial score (nSPS) is 10.6. The Kier molecular flexibility index (Phi) is 3.37. The molecule has 0 aliphatic carbocycles. The van der Waals surface area contributed by atoms with Gasteiger partial charge in [0.2, 0.25) is 0 Å². The van der Waals surface area contributed by atoms with Crippen molar-refractivity contribution in [2.24, 2.45) is 0 Å². The number of nitrogens with zero attached hydrogens (tertiary/aromatic N) is 3. The molecule has 94 valence electrons. The molecule has 0 amide bonds. The molecule has 0 aliphatic rings. The van der Waals surface area contributed by atoms with Crippen LogP contribution in [0.4, 0.5) is 8.78 Å². The van der Waals surface area contributed by atoms with E-state index in [4.69, 9.17) is 5.11 Å². The molecule has 1 heterocycles. The van der Waals surface area contributed by atoms with Crippen molar-refractivity contribution in [3.8, 4) is 5.69 Å². The molecule has 1 N–H and O–H groups in total. The second-order valence-corrected chi connectivity index (χ2v) is 4.30. The molecule has 2 aromatic rings. The standard InChI is InChI=1S/C10H6BrF2N3O2/c11-6-2-8(13)9(3-7(6)12)16-4-5(14-15-16)1-10(17)18/h2-4H,1H2,(H,17,18). The molecule has 0 atom stereocenters. The largest absolute Gasteiger partial charge is 0.481 e. The van der Waals surface area contributed by atoms with E-state index in [2.05, 4.69) is 26.2 Å². The summed E-state index contributed by atoms with van der Waals surface area (Å²) in [4.78, 5) is 10.5. The summed E-state index contributed by atoms with van der Waals surface area (Å²) in [6, 6.07) is 1.90. The van der Waals surface area contributed by atoms with E-state index < -0.39 is 17.6 Å². The lowest BCUT2D eigenvalue weighted by molar-refractivity contribution is -0.136. The third-order valence-corrected chi connectivity index (χ3v) is 2.72. The van der Waals surface area contributed by atoms with Crippen LogP contribution in [0.1, 0.15) is 5.69 Å². The molecule has 5 nitrogen and oxygen atoms in total. The fourth-order valence-electron chi connectivity index (χ4n) is 1.34. The first kappa shape index (κ1) is 12.6. The van der Waals surface area contributed by atoms with Crippen LogP contribution < -0.4 is 0 Å². The molecule has 18 heavy (non-hydrogen) atoms. The van der Waals surface area contributed by atoms with Crippen molar-refractivity contribution < 1.29 is 18.7 Å². The smallest absolute Gasteiger partial charge is 0.309 e. The van der Waals surface area contributed by atoms with Crippen LogP contribution in [0.15, 0.2) is 22.8 Å². The van der Waals surface area contributed by atoms with Crippen LogP contribution in [0.2, 0.25) is 0 Å². The maximum Gasteiger partial charge on any atom is 0.309 e. The summed E-state index contributed by atoms with van der Waals surface area (Å²) in [7, 11) is 0. The molecule has 0 saturated carbocycles. The van der Waals surface area contributed by atoms with Gasteiger partial charge in [0.25, 0.3) is 0 Å². The summed E-state index contributed by atoms with van der Waals surface area (Å²) < 4.78 is 27.9. The number of carboxylic acids is 1. The van der Waals surface area contributed by atoms with Crippen LogP contribution in [0.5, 0.6) is 0 Å². The molecule has 8 heteroatoms. The topological polar surface area (TPSA) is 68.0 Å². The minimum atomic E-state index is -1.08. The molecule has 0 aliphatic heterocycles. The van der Waals surface area contributed by atoms with Crippen LogP contribution in [-0.4, -0.2) is 26.1 Å². The predicted octanol–water partition coefficient (Wildman–Crippen LogP) is 1.94. The molecular weight excluding hydrogens is 312 g/mol. The van der Waals surface area contributed by atoms with Crippen molar-refractivity contribution in [3.05, 3.63) is 40.1 Å². The van der Waals surface area contributed by atoms with Crippen LogP contribution in [0.3, 0.4) is 0 Å². The lowest BCUT2D eigenvalue weighted by Gasteiger charge is -2.03. The second kappa shape index (κ2) is 4.81. The summed E-state index contributed by atoms with van der Waals surface area (Å²) in [5.41, 5.74) is 0.0186. The number of halogens is 3. The molecule has 0 radical (unpaired) electrons. The monoisotopic (exact) mass is 317 g/mol. The number of rotatable bonds is 3. The fraction of sp³-hybridized carbons (Fsp3) is 0.100. The van der Waals surface area contributed by atoms with Gasteiger partial charge in [0.1, 0.15) is 17.3 Å². The van der Waals surface area contributed by atoms with Crippen molar-refractivity contribution in [2.45, 2.75) is 6.42 Å². The van der Waals surface area contributed by atoms with Crippen molar-refractivity contribution in [1.29, 1.82) is 0 Å². The van der Waals surface area contributed by atoms with Gasteiger partial charge in [-0.2, -0.15) is 0 Å². The van der Waals surface area contributed by atoms with E-state index in [1.165, 1.54) is 6.20 Å². The number of aromatic nitrogens is 3. The highest BCUT2D eigenvalue weighted by Gasteiger charge is 2.13. The van der Waals surface area contributed by atoms with Gasteiger partial charge in [-0.05, 0) is 22.0 Å². The van der Waals surface area contributed by atoms with Gasteiger partial charge >= 0.3 is 5.97 Å². The maximum absolute atomic E-state index is 13.6. The zero-order valence-corrected chi connectivity index (χ0v) is 10.4. The lowest BCUT2D eigenvalue weighted by atomic mass is 10.3. The minimum absolute atomic E-state index is 0.00498. The van der Waals surface area contributed by atoms with Gasteiger partial charge in [0.05, 0.1) is 22.8 Å². The van der Waals surface area contributed by atoms with Crippen LogP contribution >= 0.6 is 15.9 Å². The van der Waals surface area contributed by atoms with E-state index in [0.717, 1.165) is 16.8 Å². The quantitative estimate of drug-likeness (QED) is 0.878. The van der Waals surface area contributed by atoms with Gasteiger partial charge in [0.15, 0.2) is 0 Å². The van der Waals surface area contributed by atoms with E-state index in [1.807, 2.05) is 0 Å². The number of benzene rings is 1. The molecule has 0 spiro atoms. The van der Waals surface area contributed by atoms with Crippen LogP contribution in [0.25, 0.3) is 5.69 Å². The molecule has 0 fully saturated rings. The first-order chi connectivity index (χ1) is 8.47. The molecule has 1 aromatic carbocycles. The van der Waals surface area contributed by atoms with E-state index in [-0.39, 0.29) is 22.3 Å². The van der Waals surface area contributed by atoms with Gasteiger partial charge in [-0.1, -0.05) is 5.21 Å². The summed E-state index contributed by atoms with van der Waals surface area (Å²) >= 11 is 2.85. The van der Waals surface area contributed by atoms with Gasteiger partial charge in [-0.15, -0.1) is 5.10 Å². The highest BCUT2D eigenvalue weighted by atomic mass is 79.9. The van der Waals surface area contributed by atoms with Crippen LogP contribution in [0, 0.1) is 11.6 Å². The number of carboxylic acid groups (broad SMARTS) is 1. The fourth-order valence-corrected chi connectivity index (χ4v) is 1.66. The van der Waals surface area contributed by atoms with Crippen molar-refractivity contribution in [3.63, 3.8) is 0 Å². The molecular formula is C10H6BrF2N3O2. The predicted molar refractivity (Wildman–Crippen MR) is 60.3 cm³/mol. The summed E-state index contributed by atoms with van der Waals surface area (Å²) in [5, 5.41) is 15.7. The first-order valence-corrected chi connectivity index (χ1v) is 5.54. The molecule has 0 unspecified atom stereocenters. The summed E-state index contributed by atoms with van der Waals surface area (Å²) in [6.07, 6.45) is 0.903. The molecule has 0 bridgehead atoms. The van der Waals surface area contributed by atoms with Gasteiger partial charge in [0, 0.05) is 6.07 Å². The lowest BCUT2D eigenvalue weighted by Crippen LogP contribution is -2.01. The average Bonchev–Trinajstić information content (AvgIpc) is 2.70. The van der Waals surface area contributed by atoms with Crippen molar-refractivity contribution in [2.75, 3.05) is 0 Å². The average molecular weight is 318 g/mol. The molecule has 0 saturated heterocycles. The zero-order valence-electron chi connectivity index (χ0n) is 8.77. The summed E-state index contributed by atoms with van der Waals surface area (Å²) in [6.45, 7) is 0. The van der Waals surface area contributed by atoms with E-state index >= 15 is 0 Å². The maximum atomic E-state index is 13.6. The Bertz CT molecular complexity index is 615. The Morgan fingerprint density at radius 2 is 2.11 bits per heavy atom. The highest BCUT2D eigenvalue weighted by Crippen LogP contribution is 2.22. The zero-order chi connectivity index (χ0) is 13.3. The van der Waals surface area contributed by atoms with Crippen molar-refractivity contribution >= 4 is 21.9 Å². The van der Waals surface area contributed by atoms with Gasteiger partial charge in [-0.3, -0.25) is 4.79 Å². The van der Waals surface area contributed by atoms with Gasteiger partial charge < -0.3 is 5.11 Å². The Balaban J connectivity index is 2.40. The number of carbonyl (C=O) groups is 1. The molecule has 1 aromatic heterocycles. The Hall–Kier alpha value is -1.83. The Labute approximate surface area is 108 Å². The van der Waals surface area contributed by atoms with Gasteiger partial charge in [-0.25, -0.2) is 13.5 Å². The van der Waals surface area contributed by atoms with E-state index in [9.17, 15) is 13.6 Å². The Morgan fingerprint density at radius 1 is 1.39 bits per heavy atom. The minimum Gasteiger partial charge on any atom is -0.481 e. The molecule has 2 rings (SSSR count). The number of aliphatic carboxylic acids is 1. The SMILES string of the molecule is O=C(O)Cc1cn(-c2cc(F)c(Br)cc2F)nn1. The number of hydrogen-bond acceptors (Lipinski definition) is 3.